The van der Waals surface area contributed by atoms with E-state index in [0.29, 0.717) is 4.88 Å². The van der Waals surface area contributed by atoms with Gasteiger partial charge in [0.1, 0.15) is 6.54 Å². The molecule has 1 amide bonds. The lowest BCUT2D eigenvalue weighted by Crippen LogP contribution is -2.26. The predicted molar refractivity (Wildman–Crippen MR) is 90.5 cm³/mol. The number of carbonyl (C=O) groups excluding carboxylic acids is 2. The number of amides is 1. The van der Waals surface area contributed by atoms with E-state index in [1.165, 1.54) is 24.5 Å². The third kappa shape index (κ3) is 3.66. The molecule has 3 aromatic rings. The van der Waals surface area contributed by atoms with Crippen LogP contribution in [0, 0.1) is 0 Å². The van der Waals surface area contributed by atoms with Crippen molar-refractivity contribution < 1.29 is 18.7 Å². The number of para-hydroxylation sites is 1. The minimum atomic E-state index is -0.736. The summed E-state index contributed by atoms with van der Waals surface area (Å²) in [4.78, 5) is 36.4. The lowest BCUT2D eigenvalue weighted by atomic mass is 10.2. The van der Waals surface area contributed by atoms with E-state index >= 15 is 0 Å². The molecule has 0 saturated heterocycles. The molecule has 0 atom stereocenters. The van der Waals surface area contributed by atoms with Gasteiger partial charge in [0, 0.05) is 0 Å². The second-order valence-electron chi connectivity index (χ2n) is 4.89. The Morgan fingerprint density at radius 1 is 1.28 bits per heavy atom. The number of ether oxygens (including phenoxy) is 1. The van der Waals surface area contributed by atoms with Gasteiger partial charge in [-0.15, -0.1) is 16.4 Å². The molecule has 0 fully saturated rings. The minimum Gasteiger partial charge on any atom is -0.465 e. The lowest BCUT2D eigenvalue weighted by molar-refractivity contribution is -0.117. The molecule has 0 unspecified atom stereocenters. The van der Waals surface area contributed by atoms with Crippen molar-refractivity contribution in [3.05, 3.63) is 57.9 Å². The number of aromatic nitrogens is 2. The van der Waals surface area contributed by atoms with Gasteiger partial charge in [-0.1, -0.05) is 18.2 Å². The number of hydrogen-bond acceptors (Lipinski definition) is 7. The van der Waals surface area contributed by atoms with Crippen molar-refractivity contribution in [1.29, 1.82) is 0 Å². The van der Waals surface area contributed by atoms with Gasteiger partial charge in [0.05, 0.1) is 23.2 Å². The summed E-state index contributed by atoms with van der Waals surface area (Å²) in [5.74, 6) is -1.68. The summed E-state index contributed by atoms with van der Waals surface area (Å²) in [6.07, 6.45) is 0. The summed E-state index contributed by atoms with van der Waals surface area (Å²) >= 11 is 1.37. The van der Waals surface area contributed by atoms with Crippen molar-refractivity contribution in [1.82, 2.24) is 9.78 Å². The van der Waals surface area contributed by atoms with Crippen LogP contribution in [-0.2, 0) is 16.1 Å². The Labute approximate surface area is 145 Å². The third-order valence-corrected chi connectivity index (χ3v) is 4.10. The third-order valence-electron chi connectivity index (χ3n) is 3.24. The number of hydrogen-bond donors (Lipinski definition) is 1. The Morgan fingerprint density at radius 2 is 2.08 bits per heavy atom. The maximum absolute atomic E-state index is 12.2. The highest BCUT2D eigenvalue weighted by Crippen LogP contribution is 2.21. The monoisotopic (exact) mass is 359 g/mol. The van der Waals surface area contributed by atoms with Crippen LogP contribution >= 0.6 is 11.3 Å². The van der Waals surface area contributed by atoms with Crippen molar-refractivity contribution in [3.63, 3.8) is 0 Å². The Kier molecular flexibility index (Phi) is 4.75. The van der Waals surface area contributed by atoms with Crippen LogP contribution in [0.1, 0.15) is 10.4 Å². The first kappa shape index (κ1) is 16.7. The summed E-state index contributed by atoms with van der Waals surface area (Å²) in [5, 5.41) is 8.39. The van der Waals surface area contributed by atoms with Crippen molar-refractivity contribution >= 4 is 28.9 Å². The molecule has 0 spiro atoms. The molecule has 0 aliphatic heterocycles. The van der Waals surface area contributed by atoms with Crippen LogP contribution in [0.2, 0.25) is 0 Å². The van der Waals surface area contributed by atoms with E-state index in [1.54, 1.807) is 30.3 Å². The van der Waals surface area contributed by atoms with Crippen molar-refractivity contribution in [2.45, 2.75) is 6.54 Å². The minimum absolute atomic E-state index is 0.155. The Bertz CT molecular complexity index is 958. The van der Waals surface area contributed by atoms with Crippen LogP contribution < -0.4 is 11.1 Å². The first-order valence-electron chi connectivity index (χ1n) is 7.17. The number of anilines is 1. The summed E-state index contributed by atoms with van der Waals surface area (Å²) < 4.78 is 10.6. The summed E-state index contributed by atoms with van der Waals surface area (Å²) in [5.41, 5.74) is 0.500. The molecule has 2 heterocycles. The molecule has 8 nitrogen and oxygen atoms in total. The zero-order chi connectivity index (χ0) is 17.8. The van der Waals surface area contributed by atoms with Crippen LogP contribution in [0.3, 0.4) is 0 Å². The second-order valence-corrected chi connectivity index (χ2v) is 5.84. The average Bonchev–Trinajstić information content (AvgIpc) is 3.25. The highest BCUT2D eigenvalue weighted by Gasteiger charge is 2.16. The van der Waals surface area contributed by atoms with Crippen molar-refractivity contribution in [2.75, 3.05) is 12.4 Å². The van der Waals surface area contributed by atoms with E-state index in [4.69, 9.17) is 4.42 Å². The van der Waals surface area contributed by atoms with Gasteiger partial charge in [0.25, 0.3) is 5.89 Å². The van der Waals surface area contributed by atoms with E-state index in [-0.39, 0.29) is 23.7 Å². The SMILES string of the molecule is COC(=O)c1ccccc1NC(=O)Cn1nc(-c2cccs2)oc1=O. The largest absolute Gasteiger partial charge is 0.465 e. The zero-order valence-corrected chi connectivity index (χ0v) is 13.9. The Hall–Kier alpha value is -3.20. The molecule has 1 N–H and O–H groups in total. The molecular weight excluding hydrogens is 346 g/mol. The number of nitrogens with one attached hydrogen (secondary N) is 1. The molecule has 0 saturated carbocycles. The molecule has 1 aromatic carbocycles. The molecule has 9 heteroatoms. The van der Waals surface area contributed by atoms with E-state index in [2.05, 4.69) is 15.2 Å². The lowest BCUT2D eigenvalue weighted by Gasteiger charge is -2.09. The molecule has 0 bridgehead atoms. The fraction of sp³-hybridized carbons (Fsp3) is 0.125. The van der Waals surface area contributed by atoms with Crippen molar-refractivity contribution in [2.24, 2.45) is 0 Å². The zero-order valence-electron chi connectivity index (χ0n) is 13.1. The van der Waals surface area contributed by atoms with Crippen LogP contribution in [0.25, 0.3) is 10.8 Å². The summed E-state index contributed by atoms with van der Waals surface area (Å²) in [6, 6.07) is 9.96. The van der Waals surface area contributed by atoms with Gasteiger partial charge in [-0.25, -0.2) is 9.59 Å². The first-order chi connectivity index (χ1) is 12.1. The number of thiophene rings is 1. The van der Waals surface area contributed by atoms with Crippen LogP contribution in [0.5, 0.6) is 0 Å². The van der Waals surface area contributed by atoms with Crippen LogP contribution in [-0.4, -0.2) is 28.8 Å². The molecule has 25 heavy (non-hydrogen) atoms. The Balaban J connectivity index is 1.76. The standard InChI is InChI=1S/C16H13N3O5S/c1-23-15(21)10-5-2-3-6-11(10)17-13(20)9-19-16(22)24-14(18-19)12-7-4-8-25-12/h2-8H,9H2,1H3,(H,17,20). The van der Waals surface area contributed by atoms with E-state index in [1.807, 2.05) is 5.38 Å². The van der Waals surface area contributed by atoms with Crippen LogP contribution in [0.15, 0.2) is 51.0 Å². The van der Waals surface area contributed by atoms with Gasteiger partial charge < -0.3 is 14.5 Å². The number of benzene rings is 1. The van der Waals surface area contributed by atoms with Gasteiger partial charge in [0.2, 0.25) is 5.91 Å². The van der Waals surface area contributed by atoms with E-state index in [9.17, 15) is 14.4 Å². The molecule has 128 valence electrons. The average molecular weight is 359 g/mol. The maximum Gasteiger partial charge on any atom is 0.437 e. The van der Waals surface area contributed by atoms with E-state index < -0.39 is 17.6 Å². The van der Waals surface area contributed by atoms with Gasteiger partial charge in [0.15, 0.2) is 0 Å². The molecule has 0 aliphatic carbocycles. The maximum atomic E-state index is 12.2. The number of nitrogens with zero attached hydrogens (tertiary/aromatic N) is 2. The van der Waals surface area contributed by atoms with Gasteiger partial charge >= 0.3 is 11.7 Å². The summed E-state index contributed by atoms with van der Waals surface area (Å²) in [6.45, 7) is -0.344. The van der Waals surface area contributed by atoms with E-state index in [0.717, 1.165) is 4.68 Å². The molecule has 3 rings (SSSR count). The molecule has 2 aromatic heterocycles. The fourth-order valence-corrected chi connectivity index (χ4v) is 2.76. The number of rotatable bonds is 5. The molecule has 0 aliphatic rings. The quantitative estimate of drug-likeness (QED) is 0.699. The van der Waals surface area contributed by atoms with Gasteiger partial charge in [-0.05, 0) is 23.6 Å². The number of carbonyl (C=O) groups is 2. The van der Waals surface area contributed by atoms with Gasteiger partial charge in [-0.2, -0.15) is 4.68 Å². The normalized spacial score (nSPS) is 10.4. The first-order valence-corrected chi connectivity index (χ1v) is 8.05. The smallest absolute Gasteiger partial charge is 0.437 e. The van der Waals surface area contributed by atoms with Crippen molar-refractivity contribution in [3.8, 4) is 10.8 Å². The molecular formula is C16H13N3O5S. The number of esters is 1. The fourth-order valence-electron chi connectivity index (χ4n) is 2.11. The second kappa shape index (κ2) is 7.14. The molecule has 0 radical (unpaired) electrons. The topological polar surface area (TPSA) is 103 Å². The Morgan fingerprint density at radius 3 is 2.80 bits per heavy atom. The van der Waals surface area contributed by atoms with Gasteiger partial charge in [-0.3, -0.25) is 4.79 Å². The predicted octanol–water partition coefficient (Wildman–Crippen LogP) is 1.99. The highest BCUT2D eigenvalue weighted by atomic mass is 32.1. The summed E-state index contributed by atoms with van der Waals surface area (Å²) in [7, 11) is 1.25. The highest BCUT2D eigenvalue weighted by molar-refractivity contribution is 7.13. The van der Waals surface area contributed by atoms with Crippen LogP contribution in [0.4, 0.5) is 5.69 Å². The number of methoxy groups -OCH3 is 1.